The van der Waals surface area contributed by atoms with Crippen molar-refractivity contribution in [3.8, 4) is 5.75 Å². The highest BCUT2D eigenvalue weighted by molar-refractivity contribution is 7.10. The number of hydrogen-bond donors (Lipinski definition) is 2. The van der Waals surface area contributed by atoms with E-state index in [4.69, 9.17) is 4.74 Å². The molecule has 0 aliphatic heterocycles. The molecular weight excluding hydrogens is 293 g/mol. The minimum absolute atomic E-state index is 0.118. The van der Waals surface area contributed by atoms with Gasteiger partial charge in [0.05, 0.1) is 19.6 Å². The number of halogens is 1. The zero-order valence-electron chi connectivity index (χ0n) is 11.5. The molecule has 1 atom stereocenters. The lowest BCUT2D eigenvalue weighted by molar-refractivity contribution is -0.141. The number of carbonyl (C=O) groups is 1. The minimum Gasteiger partial charge on any atom is -0.508 e. The van der Waals surface area contributed by atoms with E-state index in [2.05, 4.69) is 5.32 Å². The van der Waals surface area contributed by atoms with Gasteiger partial charge in [-0.2, -0.15) is 0 Å². The Morgan fingerprint density at radius 3 is 2.90 bits per heavy atom. The summed E-state index contributed by atoms with van der Waals surface area (Å²) in [5, 5.41) is 14.5. The fourth-order valence-electron chi connectivity index (χ4n) is 1.99. The summed E-state index contributed by atoms with van der Waals surface area (Å²) in [5.41, 5.74) is 0.610. The Kier molecular flexibility index (Phi) is 5.30. The molecular formula is C15H16FNO3S. The molecule has 2 rings (SSSR count). The van der Waals surface area contributed by atoms with E-state index in [1.165, 1.54) is 30.6 Å². The third-order valence-corrected chi connectivity index (χ3v) is 3.97. The molecule has 0 radical (unpaired) electrons. The molecule has 0 fully saturated rings. The lowest BCUT2D eigenvalue weighted by Gasteiger charge is -2.16. The predicted molar refractivity (Wildman–Crippen MR) is 78.6 cm³/mol. The van der Waals surface area contributed by atoms with Crippen LogP contribution in [0.5, 0.6) is 5.75 Å². The highest BCUT2D eigenvalue weighted by Crippen LogP contribution is 2.23. The summed E-state index contributed by atoms with van der Waals surface area (Å²) in [6.07, 6.45) is 0.193. The van der Waals surface area contributed by atoms with E-state index in [1.807, 2.05) is 17.5 Å². The van der Waals surface area contributed by atoms with Crippen molar-refractivity contribution in [3.05, 3.63) is 52.0 Å². The second kappa shape index (κ2) is 7.19. The number of nitrogens with one attached hydrogen (secondary N) is 1. The van der Waals surface area contributed by atoms with Gasteiger partial charge in [0.2, 0.25) is 0 Å². The number of carbonyl (C=O) groups excluding carboxylic acids is 1. The Hall–Kier alpha value is -1.92. The lowest BCUT2D eigenvalue weighted by atomic mass is 10.1. The van der Waals surface area contributed by atoms with Crippen molar-refractivity contribution in [2.24, 2.45) is 0 Å². The van der Waals surface area contributed by atoms with Gasteiger partial charge in [-0.3, -0.25) is 4.79 Å². The standard InChI is InChI=1S/C15H16FNO3S/c1-20-15(19)8-13(14-3-2-4-21-14)17-9-10-5-11(16)7-12(18)6-10/h2-7,13,17-18H,8-9H2,1H3. The zero-order chi connectivity index (χ0) is 15.2. The molecule has 0 bridgehead atoms. The second-order valence-electron chi connectivity index (χ2n) is 4.55. The number of rotatable bonds is 6. The first-order valence-corrected chi connectivity index (χ1v) is 7.28. The van der Waals surface area contributed by atoms with E-state index >= 15 is 0 Å². The Morgan fingerprint density at radius 1 is 1.48 bits per heavy atom. The van der Waals surface area contributed by atoms with Crippen molar-refractivity contribution in [1.29, 1.82) is 0 Å². The number of thiophene rings is 1. The topological polar surface area (TPSA) is 58.6 Å². The molecule has 4 nitrogen and oxygen atoms in total. The van der Waals surface area contributed by atoms with Crippen LogP contribution in [0.25, 0.3) is 0 Å². The van der Waals surface area contributed by atoms with Crippen LogP contribution in [0.4, 0.5) is 4.39 Å². The van der Waals surface area contributed by atoms with Crippen LogP contribution >= 0.6 is 11.3 Å². The highest BCUT2D eigenvalue weighted by Gasteiger charge is 2.17. The van der Waals surface area contributed by atoms with Gasteiger partial charge in [0.15, 0.2) is 0 Å². The Labute approximate surface area is 126 Å². The number of phenols is 1. The third kappa shape index (κ3) is 4.54. The van der Waals surface area contributed by atoms with Crippen LogP contribution in [0, 0.1) is 5.82 Å². The first-order valence-electron chi connectivity index (χ1n) is 6.40. The monoisotopic (exact) mass is 309 g/mol. The summed E-state index contributed by atoms with van der Waals surface area (Å²) < 4.78 is 17.9. The molecule has 2 N–H and O–H groups in total. The fourth-order valence-corrected chi connectivity index (χ4v) is 2.79. The van der Waals surface area contributed by atoms with Crippen molar-refractivity contribution in [2.45, 2.75) is 19.0 Å². The number of ether oxygens (including phenoxy) is 1. The van der Waals surface area contributed by atoms with Crippen LogP contribution in [0.15, 0.2) is 35.7 Å². The molecule has 21 heavy (non-hydrogen) atoms. The molecule has 0 saturated carbocycles. The molecule has 0 aliphatic carbocycles. The van der Waals surface area contributed by atoms with Gasteiger partial charge in [-0.05, 0) is 29.1 Å². The van der Waals surface area contributed by atoms with Gasteiger partial charge in [-0.25, -0.2) is 4.39 Å². The maximum Gasteiger partial charge on any atom is 0.307 e. The molecule has 1 unspecified atom stereocenters. The maximum absolute atomic E-state index is 13.2. The first-order chi connectivity index (χ1) is 10.1. The predicted octanol–water partition coefficient (Wildman–Crippen LogP) is 2.99. The van der Waals surface area contributed by atoms with Crippen LogP contribution in [-0.2, 0) is 16.1 Å². The zero-order valence-corrected chi connectivity index (χ0v) is 12.3. The fraction of sp³-hybridized carbons (Fsp3) is 0.267. The smallest absolute Gasteiger partial charge is 0.307 e. The quantitative estimate of drug-likeness (QED) is 0.805. The van der Waals surface area contributed by atoms with Crippen molar-refractivity contribution < 1.29 is 19.0 Å². The van der Waals surface area contributed by atoms with Gasteiger partial charge >= 0.3 is 5.97 Å². The average molecular weight is 309 g/mol. The largest absolute Gasteiger partial charge is 0.508 e. The molecule has 2 aromatic rings. The minimum atomic E-state index is -0.493. The molecule has 112 valence electrons. The Bertz CT molecular complexity index is 581. The van der Waals surface area contributed by atoms with Crippen molar-refractivity contribution in [2.75, 3.05) is 7.11 Å². The number of benzene rings is 1. The second-order valence-corrected chi connectivity index (χ2v) is 5.53. The van der Waals surface area contributed by atoms with Crippen LogP contribution in [0.1, 0.15) is 22.9 Å². The van der Waals surface area contributed by atoms with Crippen LogP contribution < -0.4 is 5.32 Å². The summed E-state index contributed by atoms with van der Waals surface area (Å²) in [7, 11) is 1.35. The average Bonchev–Trinajstić information content (AvgIpc) is 2.96. The number of aromatic hydroxyl groups is 1. The van der Waals surface area contributed by atoms with Crippen LogP contribution in [0.3, 0.4) is 0 Å². The normalized spacial score (nSPS) is 12.1. The number of methoxy groups -OCH3 is 1. The van der Waals surface area contributed by atoms with E-state index in [-0.39, 0.29) is 24.2 Å². The summed E-state index contributed by atoms with van der Waals surface area (Å²) in [5.74, 6) is -0.928. The Morgan fingerprint density at radius 2 is 2.29 bits per heavy atom. The van der Waals surface area contributed by atoms with Gasteiger partial charge in [-0.1, -0.05) is 6.07 Å². The van der Waals surface area contributed by atoms with E-state index in [0.717, 1.165) is 10.9 Å². The van der Waals surface area contributed by atoms with Gasteiger partial charge in [0, 0.05) is 17.5 Å². The molecule has 0 amide bonds. The summed E-state index contributed by atoms with van der Waals surface area (Å²) in [6.45, 7) is 0.338. The van der Waals surface area contributed by atoms with Gasteiger partial charge in [0.1, 0.15) is 11.6 Å². The first kappa shape index (κ1) is 15.5. The van der Waals surface area contributed by atoms with E-state index < -0.39 is 5.82 Å². The molecule has 0 spiro atoms. The maximum atomic E-state index is 13.2. The van der Waals surface area contributed by atoms with E-state index in [9.17, 15) is 14.3 Å². The van der Waals surface area contributed by atoms with Gasteiger partial charge in [0.25, 0.3) is 0 Å². The molecule has 0 saturated heterocycles. The highest BCUT2D eigenvalue weighted by atomic mass is 32.1. The van der Waals surface area contributed by atoms with Gasteiger partial charge < -0.3 is 15.2 Å². The summed E-state index contributed by atoms with van der Waals surface area (Å²) >= 11 is 1.53. The van der Waals surface area contributed by atoms with Crippen molar-refractivity contribution in [1.82, 2.24) is 5.32 Å². The van der Waals surface area contributed by atoms with E-state index in [0.29, 0.717) is 12.1 Å². The lowest BCUT2D eigenvalue weighted by Crippen LogP contribution is -2.23. The molecule has 1 heterocycles. The number of phenolic OH excluding ortho intramolecular Hbond substituents is 1. The van der Waals surface area contributed by atoms with Crippen molar-refractivity contribution >= 4 is 17.3 Å². The molecule has 1 aromatic heterocycles. The van der Waals surface area contributed by atoms with E-state index in [1.54, 1.807) is 0 Å². The van der Waals surface area contributed by atoms with Gasteiger partial charge in [-0.15, -0.1) is 11.3 Å². The van der Waals surface area contributed by atoms with Crippen LogP contribution in [0.2, 0.25) is 0 Å². The molecule has 1 aromatic carbocycles. The molecule has 0 aliphatic rings. The van der Waals surface area contributed by atoms with Crippen molar-refractivity contribution in [3.63, 3.8) is 0 Å². The van der Waals surface area contributed by atoms with Crippen LogP contribution in [-0.4, -0.2) is 18.2 Å². The SMILES string of the molecule is COC(=O)CC(NCc1cc(O)cc(F)c1)c1cccs1. The Balaban J connectivity index is 2.06. The summed E-state index contributed by atoms with van der Waals surface area (Å²) in [6, 6.07) is 7.50. The third-order valence-electron chi connectivity index (χ3n) is 2.98. The summed E-state index contributed by atoms with van der Waals surface area (Å²) in [4.78, 5) is 12.5. The number of hydrogen-bond acceptors (Lipinski definition) is 5. The molecule has 6 heteroatoms. The number of esters is 1.